The highest BCUT2D eigenvalue weighted by molar-refractivity contribution is 7.98. The van der Waals surface area contributed by atoms with Crippen LogP contribution in [0.5, 0.6) is 0 Å². The van der Waals surface area contributed by atoms with Crippen molar-refractivity contribution in [1.82, 2.24) is 9.88 Å². The third kappa shape index (κ3) is 4.17. The predicted octanol–water partition coefficient (Wildman–Crippen LogP) is 3.01. The second-order valence-electron chi connectivity index (χ2n) is 5.95. The van der Waals surface area contributed by atoms with Crippen molar-refractivity contribution in [3.63, 3.8) is 0 Å². The number of hydrogen-bond acceptors (Lipinski definition) is 4. The number of H-pyrrole nitrogens is 1. The quantitative estimate of drug-likeness (QED) is 0.859. The Morgan fingerprint density at radius 2 is 2.26 bits per heavy atom. The lowest BCUT2D eigenvalue weighted by Gasteiger charge is -2.20. The summed E-state index contributed by atoms with van der Waals surface area (Å²) in [5.74, 6) is 0.414. The van der Waals surface area contributed by atoms with E-state index in [-0.39, 0.29) is 11.5 Å². The average molecular weight is 333 g/mol. The van der Waals surface area contributed by atoms with Gasteiger partial charge in [0, 0.05) is 13.1 Å². The van der Waals surface area contributed by atoms with E-state index in [1.54, 1.807) is 11.2 Å². The smallest absolute Gasteiger partial charge is 0.261 e. The molecule has 1 aromatic heterocycles. The number of likely N-dealkylation sites (tertiary alicyclic amines) is 1. The molecule has 1 saturated heterocycles. The minimum absolute atomic E-state index is 0.0771. The lowest BCUT2D eigenvalue weighted by atomic mass is 9.96. The monoisotopic (exact) mass is 333 g/mol. The zero-order chi connectivity index (χ0) is 16.8. The van der Waals surface area contributed by atoms with Gasteiger partial charge in [-0.25, -0.2) is 0 Å². The van der Waals surface area contributed by atoms with Gasteiger partial charge in [-0.2, -0.15) is 5.26 Å². The molecule has 1 atom stereocenters. The van der Waals surface area contributed by atoms with E-state index in [0.29, 0.717) is 29.6 Å². The number of carbonyl (C=O) groups excluding carboxylic acids is 1. The summed E-state index contributed by atoms with van der Waals surface area (Å²) >= 11 is 1.30. The minimum Gasteiger partial charge on any atom is -0.338 e. The molecular weight excluding hydrogens is 310 g/mol. The molecule has 0 radical (unpaired) electrons. The number of hydrogen-bond donors (Lipinski definition) is 1. The van der Waals surface area contributed by atoms with Crippen molar-refractivity contribution in [3.05, 3.63) is 27.5 Å². The molecule has 0 bridgehead atoms. The first-order valence-electron chi connectivity index (χ1n) is 8.11. The molecule has 1 amide bonds. The SMILES string of the molecule is CCC[C@H]1CCCN(C(=O)c2cc(C#N)c(SC)[nH]c2=O)CC1. The number of amides is 1. The largest absolute Gasteiger partial charge is 0.338 e. The maximum atomic E-state index is 12.7. The molecule has 23 heavy (non-hydrogen) atoms. The third-order valence-corrected chi connectivity index (χ3v) is 5.12. The van der Waals surface area contributed by atoms with Gasteiger partial charge in [-0.3, -0.25) is 9.59 Å². The van der Waals surface area contributed by atoms with Crippen molar-refractivity contribution in [2.45, 2.75) is 44.1 Å². The Morgan fingerprint density at radius 3 is 2.91 bits per heavy atom. The van der Waals surface area contributed by atoms with Gasteiger partial charge in [-0.05, 0) is 37.5 Å². The molecule has 1 aliphatic rings. The van der Waals surface area contributed by atoms with Crippen molar-refractivity contribution in [3.8, 4) is 6.07 Å². The predicted molar refractivity (Wildman–Crippen MR) is 91.7 cm³/mol. The van der Waals surface area contributed by atoms with Crippen LogP contribution in [-0.4, -0.2) is 35.1 Å². The Balaban J connectivity index is 2.20. The molecule has 2 heterocycles. The molecule has 0 unspecified atom stereocenters. The van der Waals surface area contributed by atoms with E-state index < -0.39 is 5.56 Å². The number of aromatic nitrogens is 1. The number of nitriles is 1. The lowest BCUT2D eigenvalue weighted by molar-refractivity contribution is 0.0758. The van der Waals surface area contributed by atoms with E-state index in [4.69, 9.17) is 0 Å². The summed E-state index contributed by atoms with van der Waals surface area (Å²) in [6.07, 6.45) is 7.26. The summed E-state index contributed by atoms with van der Waals surface area (Å²) in [5, 5.41) is 9.69. The van der Waals surface area contributed by atoms with Crippen LogP contribution in [0.4, 0.5) is 0 Å². The second kappa shape index (κ2) is 8.21. The Bertz CT molecular complexity index is 663. The first kappa shape index (κ1) is 17.6. The van der Waals surface area contributed by atoms with E-state index in [1.165, 1.54) is 30.7 Å². The van der Waals surface area contributed by atoms with Gasteiger partial charge in [0.15, 0.2) is 0 Å². The number of rotatable bonds is 4. The van der Waals surface area contributed by atoms with Crippen molar-refractivity contribution < 1.29 is 4.79 Å². The third-order valence-electron chi connectivity index (χ3n) is 4.39. The molecule has 0 spiro atoms. The zero-order valence-corrected chi connectivity index (χ0v) is 14.5. The molecule has 0 aromatic carbocycles. The van der Waals surface area contributed by atoms with Gasteiger partial charge >= 0.3 is 0 Å². The number of nitrogens with one attached hydrogen (secondary N) is 1. The summed E-state index contributed by atoms with van der Waals surface area (Å²) in [4.78, 5) is 29.3. The van der Waals surface area contributed by atoms with Gasteiger partial charge in [0.25, 0.3) is 11.5 Å². The molecular formula is C17H23N3O2S. The standard InChI is InChI=1S/C17H23N3O2S/c1-3-5-12-6-4-8-20(9-7-12)17(22)14-10-13(11-18)16(23-2)19-15(14)21/h10,12H,3-9H2,1-2H3,(H,19,21)/t12-/m0/s1. The van der Waals surface area contributed by atoms with Crippen LogP contribution in [-0.2, 0) is 0 Å². The number of nitrogens with zero attached hydrogens (tertiary/aromatic N) is 2. The zero-order valence-electron chi connectivity index (χ0n) is 13.7. The Labute approximate surface area is 141 Å². The topological polar surface area (TPSA) is 77.0 Å². The summed E-state index contributed by atoms with van der Waals surface area (Å²) in [6, 6.07) is 3.48. The van der Waals surface area contributed by atoms with Crippen LogP contribution in [0.3, 0.4) is 0 Å². The Kier molecular flexibility index (Phi) is 6.28. The van der Waals surface area contributed by atoms with Gasteiger partial charge < -0.3 is 9.88 Å². The summed E-state index contributed by atoms with van der Waals surface area (Å²) in [6.45, 7) is 3.56. The average Bonchev–Trinajstić information content (AvgIpc) is 2.80. The van der Waals surface area contributed by atoms with Gasteiger partial charge in [-0.1, -0.05) is 19.8 Å². The Morgan fingerprint density at radius 1 is 1.48 bits per heavy atom. The molecule has 0 aliphatic carbocycles. The summed E-state index contributed by atoms with van der Waals surface area (Å²) < 4.78 is 0. The van der Waals surface area contributed by atoms with Crippen LogP contribution in [0, 0.1) is 17.2 Å². The van der Waals surface area contributed by atoms with Crippen molar-refractivity contribution >= 4 is 17.7 Å². The fourth-order valence-electron chi connectivity index (χ4n) is 3.15. The lowest BCUT2D eigenvalue weighted by Crippen LogP contribution is -2.35. The first-order valence-corrected chi connectivity index (χ1v) is 9.33. The van der Waals surface area contributed by atoms with Gasteiger partial charge in [0.05, 0.1) is 10.6 Å². The van der Waals surface area contributed by atoms with E-state index in [0.717, 1.165) is 19.3 Å². The second-order valence-corrected chi connectivity index (χ2v) is 6.77. The molecule has 2 rings (SSSR count). The number of thioether (sulfide) groups is 1. The molecule has 1 aromatic rings. The highest BCUT2D eigenvalue weighted by Gasteiger charge is 2.24. The minimum atomic E-state index is -0.410. The fraction of sp³-hybridized carbons (Fsp3) is 0.588. The van der Waals surface area contributed by atoms with E-state index >= 15 is 0 Å². The normalized spacial score (nSPS) is 18.3. The summed E-state index contributed by atoms with van der Waals surface area (Å²) in [7, 11) is 0. The van der Waals surface area contributed by atoms with Crippen LogP contribution in [0.1, 0.15) is 54.9 Å². The molecule has 5 nitrogen and oxygen atoms in total. The van der Waals surface area contributed by atoms with Crippen molar-refractivity contribution in [2.75, 3.05) is 19.3 Å². The van der Waals surface area contributed by atoms with Gasteiger partial charge in [0.2, 0.25) is 0 Å². The van der Waals surface area contributed by atoms with E-state index in [9.17, 15) is 14.9 Å². The Hall–Kier alpha value is -1.74. The molecule has 1 N–H and O–H groups in total. The number of aromatic amines is 1. The molecule has 0 saturated carbocycles. The van der Waals surface area contributed by atoms with Crippen LogP contribution in [0.15, 0.2) is 15.9 Å². The number of carbonyl (C=O) groups is 1. The first-order chi connectivity index (χ1) is 11.1. The maximum absolute atomic E-state index is 12.7. The molecule has 124 valence electrons. The van der Waals surface area contributed by atoms with Crippen molar-refractivity contribution in [1.29, 1.82) is 5.26 Å². The van der Waals surface area contributed by atoms with Crippen LogP contribution < -0.4 is 5.56 Å². The number of pyridine rings is 1. The maximum Gasteiger partial charge on any atom is 0.261 e. The summed E-state index contributed by atoms with van der Waals surface area (Å²) in [5.41, 5.74) is 0.0140. The molecule has 6 heteroatoms. The highest BCUT2D eigenvalue weighted by atomic mass is 32.2. The van der Waals surface area contributed by atoms with Crippen LogP contribution >= 0.6 is 11.8 Å². The fourth-order valence-corrected chi connectivity index (χ4v) is 3.67. The highest BCUT2D eigenvalue weighted by Crippen LogP contribution is 2.23. The molecule has 1 fully saturated rings. The molecule has 1 aliphatic heterocycles. The van der Waals surface area contributed by atoms with Crippen molar-refractivity contribution in [2.24, 2.45) is 5.92 Å². The van der Waals surface area contributed by atoms with E-state index in [1.807, 2.05) is 6.07 Å². The van der Waals surface area contributed by atoms with E-state index in [2.05, 4.69) is 11.9 Å². The van der Waals surface area contributed by atoms with Gasteiger partial charge in [0.1, 0.15) is 11.6 Å². The van der Waals surface area contributed by atoms with Crippen LogP contribution in [0.25, 0.3) is 0 Å². The van der Waals surface area contributed by atoms with Gasteiger partial charge in [-0.15, -0.1) is 11.8 Å². The van der Waals surface area contributed by atoms with Crippen LogP contribution in [0.2, 0.25) is 0 Å².